The molecule has 2 atom stereocenters. The number of carbonyl (C=O) groups excluding carboxylic acids is 1. The summed E-state index contributed by atoms with van der Waals surface area (Å²) in [6.07, 6.45) is 1.90. The number of amides is 1. The molecule has 0 aromatic rings. The third kappa shape index (κ3) is 2.87. The van der Waals surface area contributed by atoms with E-state index in [0.29, 0.717) is 19.6 Å². The van der Waals surface area contributed by atoms with E-state index >= 15 is 0 Å². The molecule has 1 aliphatic heterocycles. The number of aliphatic hydroxyl groups excluding tert-OH is 1. The summed E-state index contributed by atoms with van der Waals surface area (Å²) in [7, 11) is 0. The van der Waals surface area contributed by atoms with Crippen molar-refractivity contribution in [2.45, 2.75) is 45.3 Å². The van der Waals surface area contributed by atoms with Gasteiger partial charge in [0.05, 0.1) is 19.3 Å². The van der Waals surface area contributed by atoms with E-state index in [2.05, 4.69) is 6.92 Å². The van der Waals surface area contributed by atoms with Crippen LogP contribution in [-0.4, -0.2) is 41.4 Å². The van der Waals surface area contributed by atoms with Crippen molar-refractivity contribution in [2.75, 3.05) is 13.2 Å². The zero-order valence-electron chi connectivity index (χ0n) is 8.90. The summed E-state index contributed by atoms with van der Waals surface area (Å²) in [4.78, 5) is 13.1. The Morgan fingerprint density at radius 3 is 2.86 bits per heavy atom. The van der Waals surface area contributed by atoms with E-state index in [1.165, 1.54) is 0 Å². The molecule has 0 saturated carbocycles. The molecular weight excluding hydrogens is 182 g/mol. The Labute approximate surface area is 84.8 Å². The largest absolute Gasteiger partial charge is 0.449 e. The third-order valence-corrected chi connectivity index (χ3v) is 2.51. The van der Waals surface area contributed by atoms with Gasteiger partial charge in [-0.15, -0.1) is 0 Å². The lowest BCUT2D eigenvalue weighted by atomic mass is 10.2. The number of aliphatic hydroxyl groups is 1. The monoisotopic (exact) mass is 201 g/mol. The van der Waals surface area contributed by atoms with Gasteiger partial charge < -0.3 is 14.7 Å². The van der Waals surface area contributed by atoms with Crippen molar-refractivity contribution >= 4 is 6.09 Å². The van der Waals surface area contributed by atoms with Gasteiger partial charge >= 0.3 is 6.09 Å². The fourth-order valence-electron chi connectivity index (χ4n) is 1.64. The Bertz CT molecular complexity index is 196. The van der Waals surface area contributed by atoms with Crippen molar-refractivity contribution < 1.29 is 14.6 Å². The molecule has 0 aromatic heterocycles. The predicted octanol–water partition coefficient (Wildman–Crippen LogP) is 1.38. The first-order chi connectivity index (χ1) is 6.65. The van der Waals surface area contributed by atoms with Gasteiger partial charge in [0, 0.05) is 6.04 Å². The van der Waals surface area contributed by atoms with Crippen LogP contribution in [0.2, 0.25) is 0 Å². The molecule has 82 valence electrons. The van der Waals surface area contributed by atoms with E-state index < -0.39 is 0 Å². The summed E-state index contributed by atoms with van der Waals surface area (Å²) in [5.74, 6) is 0. The lowest BCUT2D eigenvalue weighted by Gasteiger charge is -2.20. The van der Waals surface area contributed by atoms with Crippen LogP contribution in [-0.2, 0) is 4.74 Å². The summed E-state index contributed by atoms with van der Waals surface area (Å²) >= 11 is 0. The average Bonchev–Trinajstić information content (AvgIpc) is 2.45. The minimum atomic E-state index is -0.385. The molecule has 1 N–H and O–H groups in total. The van der Waals surface area contributed by atoms with Gasteiger partial charge in [0.25, 0.3) is 0 Å². The number of β-amino-alcohol motifs (C(OH)–C–C–N with tert-alkyl or cyclic N) is 1. The first-order valence-corrected chi connectivity index (χ1v) is 5.26. The van der Waals surface area contributed by atoms with Crippen molar-refractivity contribution in [1.29, 1.82) is 0 Å². The maximum Gasteiger partial charge on any atom is 0.410 e. The Kier molecular flexibility index (Phi) is 4.20. The van der Waals surface area contributed by atoms with E-state index in [-0.39, 0.29) is 18.2 Å². The molecule has 1 heterocycles. The maximum atomic E-state index is 11.5. The summed E-state index contributed by atoms with van der Waals surface area (Å²) in [5, 5.41) is 9.34. The van der Waals surface area contributed by atoms with Gasteiger partial charge in [-0.25, -0.2) is 4.79 Å². The first kappa shape index (κ1) is 11.3. The summed E-state index contributed by atoms with van der Waals surface area (Å²) in [5.41, 5.74) is 0. The van der Waals surface area contributed by atoms with Crippen LogP contribution in [0.25, 0.3) is 0 Å². The highest BCUT2D eigenvalue weighted by Crippen LogP contribution is 2.18. The van der Waals surface area contributed by atoms with Crippen LogP contribution in [0.4, 0.5) is 4.79 Å². The molecule has 1 amide bonds. The highest BCUT2D eigenvalue weighted by Gasteiger charge is 2.31. The van der Waals surface area contributed by atoms with Crippen LogP contribution in [0.3, 0.4) is 0 Å². The number of likely N-dealkylation sites (tertiary alicyclic amines) is 1. The van der Waals surface area contributed by atoms with E-state index in [4.69, 9.17) is 4.74 Å². The van der Waals surface area contributed by atoms with Crippen LogP contribution < -0.4 is 0 Å². The molecule has 0 aromatic carbocycles. The highest BCUT2D eigenvalue weighted by molar-refractivity contribution is 5.68. The topological polar surface area (TPSA) is 49.8 Å². The highest BCUT2D eigenvalue weighted by atomic mass is 16.6. The molecule has 1 aliphatic rings. The van der Waals surface area contributed by atoms with Crippen molar-refractivity contribution in [3.8, 4) is 0 Å². The average molecular weight is 201 g/mol. The van der Waals surface area contributed by atoms with Crippen LogP contribution in [0.5, 0.6) is 0 Å². The van der Waals surface area contributed by atoms with E-state index in [1.54, 1.807) is 4.90 Å². The second-order valence-corrected chi connectivity index (χ2v) is 3.86. The number of rotatable bonds is 3. The number of hydrogen-bond acceptors (Lipinski definition) is 3. The SMILES string of the molecule is CCCCOC(=O)N1C[C@@H](O)C[C@@H]1C. The van der Waals surface area contributed by atoms with E-state index in [1.807, 2.05) is 6.92 Å². The maximum absolute atomic E-state index is 11.5. The molecule has 0 aliphatic carbocycles. The zero-order chi connectivity index (χ0) is 10.6. The quantitative estimate of drug-likeness (QED) is 0.702. The van der Waals surface area contributed by atoms with Crippen molar-refractivity contribution in [1.82, 2.24) is 4.90 Å². The molecule has 4 nitrogen and oxygen atoms in total. The van der Waals surface area contributed by atoms with Gasteiger partial charge in [0.15, 0.2) is 0 Å². The molecule has 1 saturated heterocycles. The summed E-state index contributed by atoms with van der Waals surface area (Å²) < 4.78 is 5.06. The lowest BCUT2D eigenvalue weighted by Crippen LogP contribution is -2.35. The molecule has 0 unspecified atom stereocenters. The van der Waals surface area contributed by atoms with Gasteiger partial charge in [-0.3, -0.25) is 0 Å². The Morgan fingerprint density at radius 1 is 1.64 bits per heavy atom. The van der Waals surface area contributed by atoms with Crippen LogP contribution in [0.15, 0.2) is 0 Å². The Hall–Kier alpha value is -0.770. The molecule has 14 heavy (non-hydrogen) atoms. The van der Waals surface area contributed by atoms with Crippen LogP contribution in [0.1, 0.15) is 33.1 Å². The summed E-state index contributed by atoms with van der Waals surface area (Å²) in [6, 6.07) is 0.0964. The first-order valence-electron chi connectivity index (χ1n) is 5.26. The van der Waals surface area contributed by atoms with Crippen molar-refractivity contribution in [3.63, 3.8) is 0 Å². The fourth-order valence-corrected chi connectivity index (χ4v) is 1.64. The number of hydrogen-bond donors (Lipinski definition) is 1. The number of ether oxygens (including phenoxy) is 1. The van der Waals surface area contributed by atoms with E-state index in [0.717, 1.165) is 12.8 Å². The van der Waals surface area contributed by atoms with Crippen molar-refractivity contribution in [3.05, 3.63) is 0 Å². The van der Waals surface area contributed by atoms with Gasteiger partial charge in [0.2, 0.25) is 0 Å². The second-order valence-electron chi connectivity index (χ2n) is 3.86. The van der Waals surface area contributed by atoms with Crippen LogP contribution >= 0.6 is 0 Å². The molecule has 0 spiro atoms. The predicted molar refractivity (Wildman–Crippen MR) is 53.0 cm³/mol. The van der Waals surface area contributed by atoms with E-state index in [9.17, 15) is 9.90 Å². The number of carbonyl (C=O) groups is 1. The van der Waals surface area contributed by atoms with Crippen LogP contribution in [0, 0.1) is 0 Å². The smallest absolute Gasteiger partial charge is 0.410 e. The number of unbranched alkanes of at least 4 members (excludes halogenated alkanes) is 1. The van der Waals surface area contributed by atoms with Gasteiger partial charge in [0.1, 0.15) is 0 Å². The Morgan fingerprint density at radius 2 is 2.36 bits per heavy atom. The third-order valence-electron chi connectivity index (χ3n) is 2.51. The van der Waals surface area contributed by atoms with Gasteiger partial charge in [-0.1, -0.05) is 13.3 Å². The second kappa shape index (κ2) is 5.20. The molecule has 1 rings (SSSR count). The molecule has 1 fully saturated rings. The van der Waals surface area contributed by atoms with Gasteiger partial charge in [-0.2, -0.15) is 0 Å². The Balaban J connectivity index is 2.30. The zero-order valence-corrected chi connectivity index (χ0v) is 8.90. The minimum absolute atomic E-state index is 0.0964. The standard InChI is InChI=1S/C10H19NO3/c1-3-4-5-14-10(13)11-7-9(12)6-8(11)2/h8-9,12H,3-7H2,1-2H3/t8-,9-/m0/s1. The van der Waals surface area contributed by atoms with Crippen molar-refractivity contribution in [2.24, 2.45) is 0 Å². The molecule has 4 heteroatoms. The van der Waals surface area contributed by atoms with Gasteiger partial charge in [-0.05, 0) is 19.8 Å². The fraction of sp³-hybridized carbons (Fsp3) is 0.900. The lowest BCUT2D eigenvalue weighted by molar-refractivity contribution is 0.0941. The normalized spacial score (nSPS) is 26.6. The number of nitrogens with zero attached hydrogens (tertiary/aromatic N) is 1. The summed E-state index contributed by atoms with van der Waals surface area (Å²) in [6.45, 7) is 4.87. The molecule has 0 bridgehead atoms. The minimum Gasteiger partial charge on any atom is -0.449 e. The molecule has 0 radical (unpaired) electrons. The molecular formula is C10H19NO3.